The highest BCUT2D eigenvalue weighted by molar-refractivity contribution is 7.99. The van der Waals surface area contributed by atoms with Crippen molar-refractivity contribution < 1.29 is 9.21 Å². The Morgan fingerprint density at radius 3 is 2.80 bits per heavy atom. The minimum absolute atomic E-state index is 0.0653. The molecule has 1 aromatic carbocycles. The van der Waals surface area contributed by atoms with Crippen LogP contribution in [-0.2, 0) is 17.9 Å². The molecule has 1 N–H and O–H groups in total. The summed E-state index contributed by atoms with van der Waals surface area (Å²) in [6, 6.07) is 11.7. The molecule has 2 heterocycles. The number of rotatable bonds is 7. The van der Waals surface area contributed by atoms with E-state index in [0.29, 0.717) is 6.54 Å². The van der Waals surface area contributed by atoms with Crippen molar-refractivity contribution >= 4 is 17.7 Å². The molecule has 0 saturated carbocycles. The van der Waals surface area contributed by atoms with Gasteiger partial charge in [0.25, 0.3) is 0 Å². The first kappa shape index (κ1) is 17.3. The molecular formula is C18H20N4O2S. The predicted molar refractivity (Wildman–Crippen MR) is 97.1 cm³/mol. The summed E-state index contributed by atoms with van der Waals surface area (Å²) in [4.78, 5) is 12.0. The van der Waals surface area contributed by atoms with Gasteiger partial charge in [0, 0.05) is 12.1 Å². The van der Waals surface area contributed by atoms with Crippen LogP contribution < -0.4 is 5.32 Å². The standard InChI is InChI=1S/C18H20N4O2S/c1-3-22-17(15-9-5-4-7-13(15)2)20-21-18(22)25-12-16(23)19-11-14-8-6-10-24-14/h4-10H,3,11-12H2,1-2H3,(H,19,23). The number of hydrogen-bond donors (Lipinski definition) is 1. The van der Waals surface area contributed by atoms with Gasteiger partial charge >= 0.3 is 0 Å². The lowest BCUT2D eigenvalue weighted by Gasteiger charge is -2.09. The molecule has 0 atom stereocenters. The topological polar surface area (TPSA) is 73.0 Å². The van der Waals surface area contributed by atoms with E-state index in [-0.39, 0.29) is 11.7 Å². The van der Waals surface area contributed by atoms with Crippen LogP contribution >= 0.6 is 11.8 Å². The van der Waals surface area contributed by atoms with E-state index in [1.807, 2.05) is 35.8 Å². The highest BCUT2D eigenvalue weighted by atomic mass is 32.2. The van der Waals surface area contributed by atoms with Crippen molar-refractivity contribution in [2.75, 3.05) is 5.75 Å². The van der Waals surface area contributed by atoms with Crippen molar-refractivity contribution in [2.45, 2.75) is 32.1 Å². The number of amides is 1. The molecule has 2 aromatic heterocycles. The molecule has 0 unspecified atom stereocenters. The predicted octanol–water partition coefficient (Wildman–Crippen LogP) is 3.27. The van der Waals surface area contributed by atoms with Crippen LogP contribution in [0.2, 0.25) is 0 Å². The fourth-order valence-electron chi connectivity index (χ4n) is 2.48. The third-order valence-electron chi connectivity index (χ3n) is 3.79. The van der Waals surface area contributed by atoms with Crippen LogP contribution in [0, 0.1) is 6.92 Å². The van der Waals surface area contributed by atoms with Gasteiger partial charge in [-0.3, -0.25) is 4.79 Å². The first-order chi connectivity index (χ1) is 12.2. The summed E-state index contributed by atoms with van der Waals surface area (Å²) in [5, 5.41) is 12.2. The molecule has 0 aliphatic heterocycles. The van der Waals surface area contributed by atoms with Crippen molar-refractivity contribution in [1.29, 1.82) is 0 Å². The Labute approximate surface area is 150 Å². The maximum absolute atomic E-state index is 12.0. The summed E-state index contributed by atoms with van der Waals surface area (Å²) in [6.07, 6.45) is 1.59. The van der Waals surface area contributed by atoms with Crippen LogP contribution in [0.4, 0.5) is 0 Å². The molecule has 25 heavy (non-hydrogen) atoms. The molecule has 130 valence electrons. The van der Waals surface area contributed by atoms with Gasteiger partial charge in [-0.15, -0.1) is 10.2 Å². The van der Waals surface area contributed by atoms with Crippen molar-refractivity contribution in [3.8, 4) is 11.4 Å². The quantitative estimate of drug-likeness (QED) is 0.658. The lowest BCUT2D eigenvalue weighted by molar-refractivity contribution is -0.118. The van der Waals surface area contributed by atoms with Crippen LogP contribution in [0.15, 0.2) is 52.2 Å². The third-order valence-corrected chi connectivity index (χ3v) is 4.76. The summed E-state index contributed by atoms with van der Waals surface area (Å²) < 4.78 is 7.23. The molecule has 0 saturated heterocycles. The SMILES string of the molecule is CCn1c(SCC(=O)NCc2ccco2)nnc1-c1ccccc1C. The molecule has 0 fully saturated rings. The Hall–Kier alpha value is -2.54. The van der Waals surface area contributed by atoms with Gasteiger partial charge in [0.2, 0.25) is 5.91 Å². The zero-order valence-corrected chi connectivity index (χ0v) is 15.0. The molecular weight excluding hydrogens is 336 g/mol. The number of aryl methyl sites for hydroxylation is 1. The largest absolute Gasteiger partial charge is 0.467 e. The molecule has 1 amide bonds. The molecule has 0 aliphatic carbocycles. The van der Waals surface area contributed by atoms with Crippen molar-refractivity contribution in [2.24, 2.45) is 0 Å². The first-order valence-corrected chi connectivity index (χ1v) is 9.08. The van der Waals surface area contributed by atoms with Crippen LogP contribution in [-0.4, -0.2) is 26.4 Å². The number of hydrogen-bond acceptors (Lipinski definition) is 5. The van der Waals surface area contributed by atoms with E-state index in [0.717, 1.165) is 34.4 Å². The number of aromatic nitrogens is 3. The molecule has 0 spiro atoms. The van der Waals surface area contributed by atoms with Crippen molar-refractivity contribution in [3.05, 3.63) is 54.0 Å². The Morgan fingerprint density at radius 1 is 1.24 bits per heavy atom. The monoisotopic (exact) mass is 356 g/mol. The number of carbonyl (C=O) groups is 1. The highest BCUT2D eigenvalue weighted by Crippen LogP contribution is 2.26. The zero-order valence-electron chi connectivity index (χ0n) is 14.2. The number of benzene rings is 1. The number of nitrogens with zero attached hydrogens (tertiary/aromatic N) is 3. The molecule has 6 nitrogen and oxygen atoms in total. The van der Waals surface area contributed by atoms with Gasteiger partial charge in [-0.05, 0) is 31.5 Å². The number of carbonyl (C=O) groups excluding carboxylic acids is 1. The van der Waals surface area contributed by atoms with Gasteiger partial charge in [0.1, 0.15) is 5.76 Å². The minimum atomic E-state index is -0.0653. The normalized spacial score (nSPS) is 10.8. The Kier molecular flexibility index (Phi) is 5.55. The lowest BCUT2D eigenvalue weighted by atomic mass is 10.1. The van der Waals surface area contributed by atoms with Gasteiger partial charge in [-0.2, -0.15) is 0 Å². The van der Waals surface area contributed by atoms with Gasteiger partial charge < -0.3 is 14.3 Å². The summed E-state index contributed by atoms with van der Waals surface area (Å²) >= 11 is 1.38. The van der Waals surface area contributed by atoms with E-state index < -0.39 is 0 Å². The second kappa shape index (κ2) is 8.02. The smallest absolute Gasteiger partial charge is 0.230 e. The molecule has 0 radical (unpaired) electrons. The third kappa shape index (κ3) is 4.11. The highest BCUT2D eigenvalue weighted by Gasteiger charge is 2.15. The van der Waals surface area contributed by atoms with Gasteiger partial charge in [-0.1, -0.05) is 36.0 Å². The van der Waals surface area contributed by atoms with E-state index in [2.05, 4.69) is 28.5 Å². The minimum Gasteiger partial charge on any atom is -0.467 e. The van der Waals surface area contributed by atoms with Crippen LogP contribution in [0.1, 0.15) is 18.2 Å². The second-order valence-corrected chi connectivity index (χ2v) is 6.45. The van der Waals surface area contributed by atoms with Crippen molar-refractivity contribution in [3.63, 3.8) is 0 Å². The number of thioether (sulfide) groups is 1. The molecule has 0 aliphatic rings. The number of furan rings is 1. The van der Waals surface area contributed by atoms with E-state index in [1.54, 1.807) is 12.3 Å². The summed E-state index contributed by atoms with van der Waals surface area (Å²) in [6.45, 7) is 5.24. The fourth-order valence-corrected chi connectivity index (χ4v) is 3.32. The maximum Gasteiger partial charge on any atom is 0.230 e. The molecule has 3 aromatic rings. The average molecular weight is 356 g/mol. The van der Waals surface area contributed by atoms with E-state index in [1.165, 1.54) is 11.8 Å². The Balaban J connectivity index is 1.65. The van der Waals surface area contributed by atoms with E-state index in [9.17, 15) is 4.79 Å². The maximum atomic E-state index is 12.0. The second-order valence-electron chi connectivity index (χ2n) is 5.51. The Bertz CT molecular complexity index is 843. The molecule has 3 rings (SSSR count). The summed E-state index contributed by atoms with van der Waals surface area (Å²) in [7, 11) is 0. The zero-order chi connectivity index (χ0) is 17.6. The van der Waals surface area contributed by atoms with Gasteiger partial charge in [0.05, 0.1) is 18.6 Å². The molecule has 0 bridgehead atoms. The molecule has 7 heteroatoms. The van der Waals surface area contributed by atoms with Crippen molar-refractivity contribution in [1.82, 2.24) is 20.1 Å². The van der Waals surface area contributed by atoms with Gasteiger partial charge in [-0.25, -0.2) is 0 Å². The van der Waals surface area contributed by atoms with E-state index >= 15 is 0 Å². The van der Waals surface area contributed by atoms with Gasteiger partial charge in [0.15, 0.2) is 11.0 Å². The lowest BCUT2D eigenvalue weighted by Crippen LogP contribution is -2.24. The fraction of sp³-hybridized carbons (Fsp3) is 0.278. The summed E-state index contributed by atoms with van der Waals surface area (Å²) in [5.74, 6) is 1.78. The Morgan fingerprint density at radius 2 is 2.08 bits per heavy atom. The first-order valence-electron chi connectivity index (χ1n) is 8.10. The summed E-state index contributed by atoms with van der Waals surface area (Å²) in [5.41, 5.74) is 2.21. The van der Waals surface area contributed by atoms with Crippen LogP contribution in [0.3, 0.4) is 0 Å². The number of nitrogens with one attached hydrogen (secondary N) is 1. The van der Waals surface area contributed by atoms with Crippen LogP contribution in [0.25, 0.3) is 11.4 Å². The average Bonchev–Trinajstić information content (AvgIpc) is 3.28. The van der Waals surface area contributed by atoms with E-state index in [4.69, 9.17) is 4.42 Å². The van der Waals surface area contributed by atoms with Crippen LogP contribution in [0.5, 0.6) is 0 Å².